The molecule has 4 heteroatoms. The molecule has 1 amide bonds. The summed E-state index contributed by atoms with van der Waals surface area (Å²) < 4.78 is 6.29. The van der Waals surface area contributed by atoms with Crippen LogP contribution in [0.1, 0.15) is 69.8 Å². The molecule has 0 radical (unpaired) electrons. The number of carbonyl (C=O) groups excluding carboxylic acids is 1. The summed E-state index contributed by atoms with van der Waals surface area (Å²) in [5.41, 5.74) is 1.15. The number of likely N-dealkylation sites (tertiary alicyclic amines) is 1. The summed E-state index contributed by atoms with van der Waals surface area (Å²) in [4.78, 5) is 14.5. The molecule has 0 atom stereocenters. The van der Waals surface area contributed by atoms with Gasteiger partial charge in [-0.05, 0) is 81.9 Å². The highest BCUT2D eigenvalue weighted by Crippen LogP contribution is 2.47. The van der Waals surface area contributed by atoms with Crippen LogP contribution in [0.3, 0.4) is 0 Å². The van der Waals surface area contributed by atoms with Crippen molar-refractivity contribution in [2.45, 2.75) is 75.9 Å². The molecule has 1 aliphatic heterocycles. The highest BCUT2D eigenvalue weighted by molar-refractivity contribution is 5.81. The molecule has 1 heterocycles. The monoisotopic (exact) mass is 369 g/mol. The molecule has 1 aromatic carbocycles. The van der Waals surface area contributed by atoms with Crippen molar-refractivity contribution in [3.05, 3.63) is 29.8 Å². The molecule has 5 rings (SSSR count). The van der Waals surface area contributed by atoms with Crippen molar-refractivity contribution >= 4 is 5.91 Å². The van der Waals surface area contributed by atoms with E-state index in [0.29, 0.717) is 24.4 Å². The van der Waals surface area contributed by atoms with Gasteiger partial charge in [-0.2, -0.15) is 0 Å². The summed E-state index contributed by atoms with van der Waals surface area (Å²) in [6, 6.07) is 8.68. The van der Waals surface area contributed by atoms with Crippen molar-refractivity contribution < 1.29 is 14.6 Å². The van der Waals surface area contributed by atoms with Crippen molar-refractivity contribution in [3.63, 3.8) is 0 Å². The molecule has 4 fully saturated rings. The molecular formula is C23H31NO3. The number of nitrogens with zero attached hydrogens (tertiary/aromatic N) is 1. The lowest BCUT2D eigenvalue weighted by atomic mass is 9.66. The Balaban J connectivity index is 1.10. The quantitative estimate of drug-likeness (QED) is 0.876. The molecule has 27 heavy (non-hydrogen) atoms. The predicted octanol–water partition coefficient (Wildman–Crippen LogP) is 3.88. The highest BCUT2D eigenvalue weighted by atomic mass is 16.5. The molecular weight excluding hydrogens is 338 g/mol. The van der Waals surface area contributed by atoms with Gasteiger partial charge in [-0.3, -0.25) is 4.79 Å². The van der Waals surface area contributed by atoms with Gasteiger partial charge in [0.15, 0.2) is 0 Å². The second-order valence-electron chi connectivity index (χ2n) is 9.96. The number of carbonyl (C=O) groups is 1. The molecule has 0 bridgehead atoms. The number of rotatable bonds is 4. The normalized spacial score (nSPS) is 32.7. The van der Waals surface area contributed by atoms with E-state index in [4.69, 9.17) is 4.74 Å². The van der Waals surface area contributed by atoms with E-state index >= 15 is 0 Å². The standard InChI is InChI=1S/C23H31NO3/c1-22(26)12-18(13-22)21(25)24-14-23(15-24)9-7-19(8-10-23)27-20-4-2-3-17(11-20)16-5-6-16/h2-4,11,16,18-19,26H,5-10,12-15H2,1H3/t18-,22+. The Morgan fingerprint density at radius 1 is 1.15 bits per heavy atom. The molecule has 146 valence electrons. The van der Waals surface area contributed by atoms with Crippen LogP contribution in [0, 0.1) is 11.3 Å². The largest absolute Gasteiger partial charge is 0.490 e. The zero-order valence-electron chi connectivity index (χ0n) is 16.3. The Labute approximate surface area is 161 Å². The van der Waals surface area contributed by atoms with E-state index in [9.17, 15) is 9.90 Å². The summed E-state index contributed by atoms with van der Waals surface area (Å²) in [5.74, 6) is 2.11. The second-order valence-corrected chi connectivity index (χ2v) is 9.96. The maximum atomic E-state index is 12.5. The van der Waals surface area contributed by atoms with Gasteiger partial charge in [0.2, 0.25) is 5.91 Å². The number of hydrogen-bond donors (Lipinski definition) is 1. The first kappa shape index (κ1) is 17.5. The maximum Gasteiger partial charge on any atom is 0.225 e. The first-order chi connectivity index (χ1) is 12.9. The minimum atomic E-state index is -0.616. The zero-order valence-corrected chi connectivity index (χ0v) is 16.3. The fraction of sp³-hybridized carbons (Fsp3) is 0.696. The topological polar surface area (TPSA) is 49.8 Å². The van der Waals surface area contributed by atoms with Crippen LogP contribution in [0.2, 0.25) is 0 Å². The van der Waals surface area contributed by atoms with Gasteiger partial charge in [0, 0.05) is 24.4 Å². The summed E-state index contributed by atoms with van der Waals surface area (Å²) in [6.45, 7) is 3.65. The lowest BCUT2D eigenvalue weighted by Crippen LogP contribution is -2.63. The minimum Gasteiger partial charge on any atom is -0.490 e. The van der Waals surface area contributed by atoms with Gasteiger partial charge >= 0.3 is 0 Å². The van der Waals surface area contributed by atoms with E-state index in [1.54, 1.807) is 0 Å². The average Bonchev–Trinajstić information content (AvgIpc) is 3.43. The van der Waals surface area contributed by atoms with Crippen molar-refractivity contribution in [3.8, 4) is 5.75 Å². The molecule has 3 aliphatic carbocycles. The van der Waals surface area contributed by atoms with Crippen LogP contribution in [0.25, 0.3) is 0 Å². The Kier molecular flexibility index (Phi) is 4.05. The van der Waals surface area contributed by atoms with Gasteiger partial charge in [-0.25, -0.2) is 0 Å². The number of ether oxygens (including phenoxy) is 1. The van der Waals surface area contributed by atoms with E-state index in [-0.39, 0.29) is 11.8 Å². The van der Waals surface area contributed by atoms with Crippen molar-refractivity contribution in [1.29, 1.82) is 0 Å². The van der Waals surface area contributed by atoms with Crippen molar-refractivity contribution in [1.82, 2.24) is 4.90 Å². The molecule has 1 aromatic rings. The van der Waals surface area contributed by atoms with Crippen LogP contribution >= 0.6 is 0 Å². The highest BCUT2D eigenvalue weighted by Gasteiger charge is 2.51. The molecule has 1 saturated heterocycles. The first-order valence-electron chi connectivity index (χ1n) is 10.7. The minimum absolute atomic E-state index is 0.0516. The van der Waals surface area contributed by atoms with E-state index < -0.39 is 5.60 Å². The Hall–Kier alpha value is -1.55. The Morgan fingerprint density at radius 2 is 1.85 bits per heavy atom. The third-order valence-corrected chi connectivity index (χ3v) is 7.29. The number of aliphatic hydroxyl groups is 1. The van der Waals surface area contributed by atoms with E-state index in [1.807, 2.05) is 11.8 Å². The molecule has 1 N–H and O–H groups in total. The summed E-state index contributed by atoms with van der Waals surface area (Å²) in [5, 5.41) is 9.86. The summed E-state index contributed by atoms with van der Waals surface area (Å²) in [6.07, 6.45) is 8.72. The van der Waals surface area contributed by atoms with Crippen molar-refractivity contribution in [2.24, 2.45) is 11.3 Å². The average molecular weight is 370 g/mol. The van der Waals surface area contributed by atoms with Crippen LogP contribution in [0.5, 0.6) is 5.75 Å². The summed E-state index contributed by atoms with van der Waals surface area (Å²) in [7, 11) is 0. The molecule has 1 spiro atoms. The van der Waals surface area contributed by atoms with Crippen molar-refractivity contribution in [2.75, 3.05) is 13.1 Å². The molecule has 0 aromatic heterocycles. The number of hydrogen-bond acceptors (Lipinski definition) is 3. The Morgan fingerprint density at radius 3 is 2.48 bits per heavy atom. The van der Waals surface area contributed by atoms with Gasteiger partial charge in [0.1, 0.15) is 5.75 Å². The third-order valence-electron chi connectivity index (χ3n) is 7.29. The molecule has 3 saturated carbocycles. The van der Waals surface area contributed by atoms with Crippen LogP contribution in [0.15, 0.2) is 24.3 Å². The van der Waals surface area contributed by atoms with Crippen LogP contribution in [-0.2, 0) is 4.79 Å². The summed E-state index contributed by atoms with van der Waals surface area (Å²) >= 11 is 0. The molecule has 4 nitrogen and oxygen atoms in total. The van der Waals surface area contributed by atoms with Crippen LogP contribution in [0.4, 0.5) is 0 Å². The van der Waals surface area contributed by atoms with Crippen LogP contribution in [-0.4, -0.2) is 40.7 Å². The van der Waals surface area contributed by atoms with Gasteiger partial charge in [-0.15, -0.1) is 0 Å². The fourth-order valence-corrected chi connectivity index (χ4v) is 5.44. The van der Waals surface area contributed by atoms with E-state index in [0.717, 1.165) is 50.4 Å². The van der Waals surface area contributed by atoms with E-state index in [1.165, 1.54) is 18.4 Å². The smallest absolute Gasteiger partial charge is 0.225 e. The predicted molar refractivity (Wildman–Crippen MR) is 104 cm³/mol. The zero-order chi connectivity index (χ0) is 18.6. The van der Waals surface area contributed by atoms with Gasteiger partial charge in [0.05, 0.1) is 11.7 Å². The second kappa shape index (κ2) is 6.23. The SMILES string of the molecule is C[C@]1(O)C[C@@H](C(=O)N2CC3(CCC(Oc4cccc(C5CC5)c4)CC3)C2)C1. The fourth-order valence-electron chi connectivity index (χ4n) is 5.44. The molecule has 0 unspecified atom stereocenters. The molecule has 4 aliphatic rings. The number of amides is 1. The number of benzene rings is 1. The first-order valence-corrected chi connectivity index (χ1v) is 10.7. The van der Waals surface area contributed by atoms with Crippen LogP contribution < -0.4 is 4.74 Å². The van der Waals surface area contributed by atoms with E-state index in [2.05, 4.69) is 24.3 Å². The van der Waals surface area contributed by atoms with Gasteiger partial charge in [0.25, 0.3) is 0 Å². The third kappa shape index (κ3) is 3.49. The lowest BCUT2D eigenvalue weighted by molar-refractivity contribution is -0.164. The van der Waals surface area contributed by atoms with Gasteiger partial charge < -0.3 is 14.7 Å². The van der Waals surface area contributed by atoms with Gasteiger partial charge in [-0.1, -0.05) is 12.1 Å². The maximum absolute atomic E-state index is 12.5. The lowest BCUT2D eigenvalue weighted by Gasteiger charge is -2.55. The Bertz CT molecular complexity index is 715.